The highest BCUT2D eigenvalue weighted by molar-refractivity contribution is 6.31. The molecule has 3 aromatic rings. The van der Waals surface area contributed by atoms with Crippen LogP contribution in [-0.2, 0) is 24.6 Å². The number of rotatable bonds is 4. The number of fused-ring (bicyclic) bond motifs is 4. The Labute approximate surface area is 244 Å². The molecule has 7 rings (SSSR count). The summed E-state index contributed by atoms with van der Waals surface area (Å²) < 4.78 is 0. The number of phenolic OH excluding ortho intramolecular Hbond substituents is 1. The van der Waals surface area contributed by atoms with Crippen molar-refractivity contribution in [2.24, 2.45) is 23.7 Å². The van der Waals surface area contributed by atoms with Crippen molar-refractivity contribution in [3.63, 3.8) is 0 Å². The number of hydrogen-bond acceptors (Lipinski definition) is 5. The molecular formula is C36H31NO5. The van der Waals surface area contributed by atoms with E-state index in [1.165, 1.54) is 11.0 Å². The zero-order valence-corrected chi connectivity index (χ0v) is 23.3. The first-order valence-electron chi connectivity index (χ1n) is 14.6. The van der Waals surface area contributed by atoms with Crippen LogP contribution >= 0.6 is 0 Å². The average molecular weight is 558 g/mol. The van der Waals surface area contributed by atoms with E-state index in [2.05, 4.69) is 0 Å². The van der Waals surface area contributed by atoms with E-state index in [0.717, 1.165) is 11.1 Å². The number of imide groups is 1. The number of carbonyl (C=O) groups excluding carboxylic acids is 4. The fourth-order valence-electron chi connectivity index (χ4n) is 8.33. The average Bonchev–Trinajstić information content (AvgIpc) is 3.27. The molecule has 0 unspecified atom stereocenters. The van der Waals surface area contributed by atoms with Gasteiger partial charge in [0.1, 0.15) is 5.75 Å². The quantitative estimate of drug-likeness (QED) is 0.350. The summed E-state index contributed by atoms with van der Waals surface area (Å²) in [7, 11) is 0. The lowest BCUT2D eigenvalue weighted by Gasteiger charge is -2.55. The lowest BCUT2D eigenvalue weighted by Crippen LogP contribution is -2.58. The summed E-state index contributed by atoms with van der Waals surface area (Å²) in [5.41, 5.74) is 2.11. The fourth-order valence-corrected chi connectivity index (χ4v) is 8.33. The van der Waals surface area contributed by atoms with Crippen molar-refractivity contribution in [3.05, 3.63) is 119 Å². The highest BCUT2D eigenvalue weighted by atomic mass is 16.3. The summed E-state index contributed by atoms with van der Waals surface area (Å²) in [6.07, 6.45) is 4.23. The molecule has 3 aromatic carbocycles. The molecule has 42 heavy (non-hydrogen) atoms. The first kappa shape index (κ1) is 26.3. The van der Waals surface area contributed by atoms with Crippen molar-refractivity contribution in [3.8, 4) is 5.75 Å². The van der Waals surface area contributed by atoms with Gasteiger partial charge in [-0.1, -0.05) is 84.4 Å². The summed E-state index contributed by atoms with van der Waals surface area (Å²) in [6, 6.07) is 25.6. The summed E-state index contributed by atoms with van der Waals surface area (Å²) in [5, 5.41) is 10.6. The van der Waals surface area contributed by atoms with Crippen molar-refractivity contribution in [2.45, 2.75) is 31.1 Å². The van der Waals surface area contributed by atoms with Gasteiger partial charge in [0.25, 0.3) is 0 Å². The third kappa shape index (κ3) is 3.57. The van der Waals surface area contributed by atoms with Gasteiger partial charge in [-0.05, 0) is 60.6 Å². The highest BCUT2D eigenvalue weighted by Crippen LogP contribution is 2.63. The molecule has 1 aliphatic heterocycles. The van der Waals surface area contributed by atoms with Crippen LogP contribution in [0.4, 0.5) is 0 Å². The van der Waals surface area contributed by atoms with Crippen molar-refractivity contribution in [1.82, 2.24) is 4.90 Å². The molecule has 2 fully saturated rings. The molecule has 1 N–H and O–H groups in total. The summed E-state index contributed by atoms with van der Waals surface area (Å²) >= 11 is 0. The zero-order valence-electron chi connectivity index (χ0n) is 23.3. The molecule has 210 valence electrons. The smallest absolute Gasteiger partial charge is 0.233 e. The molecule has 0 aromatic heterocycles. The normalized spacial score (nSPS) is 30.3. The van der Waals surface area contributed by atoms with Crippen LogP contribution in [0.1, 0.15) is 42.4 Å². The standard InChI is InChI=1S/C36H31NO5/c1-2-37-34(41)26-17-16-25-28(31(26)35(37)42)19-29-33(40)27(21-10-5-3-6-11-21)20-30(39)36(29,23-13-7-4-8-14-23)32(25)22-12-9-15-24(38)18-22/h3-16,18,20,26,28-29,31-32,38H,2,17,19H2,1H3/t26-,28+,29-,31-,32-,36-/m0/s1. The Morgan fingerprint density at radius 3 is 2.26 bits per heavy atom. The summed E-state index contributed by atoms with van der Waals surface area (Å²) in [4.78, 5) is 57.9. The van der Waals surface area contributed by atoms with Crippen molar-refractivity contribution in [1.29, 1.82) is 0 Å². The number of Topliss-reactive ketones (excluding diaryl/α,β-unsaturated/α-hetero) is 1. The van der Waals surface area contributed by atoms with E-state index >= 15 is 0 Å². The Balaban J connectivity index is 1.51. The molecule has 0 spiro atoms. The van der Waals surface area contributed by atoms with Crippen LogP contribution < -0.4 is 0 Å². The molecule has 1 heterocycles. The summed E-state index contributed by atoms with van der Waals surface area (Å²) in [6.45, 7) is 2.11. The number of phenols is 1. The third-order valence-electron chi connectivity index (χ3n) is 9.99. The van der Waals surface area contributed by atoms with Crippen molar-refractivity contribution < 1.29 is 24.3 Å². The largest absolute Gasteiger partial charge is 0.508 e. The van der Waals surface area contributed by atoms with Gasteiger partial charge in [-0.25, -0.2) is 0 Å². The minimum atomic E-state index is -1.28. The lowest BCUT2D eigenvalue weighted by molar-refractivity contribution is -0.140. The number of nitrogens with zero attached hydrogens (tertiary/aromatic N) is 1. The van der Waals surface area contributed by atoms with E-state index in [-0.39, 0.29) is 35.6 Å². The molecule has 6 heteroatoms. The van der Waals surface area contributed by atoms with Crippen LogP contribution in [-0.4, -0.2) is 39.9 Å². The van der Waals surface area contributed by atoms with Crippen LogP contribution in [0.25, 0.3) is 5.57 Å². The first-order valence-corrected chi connectivity index (χ1v) is 14.6. The molecule has 6 atom stereocenters. The number of ketones is 2. The Kier molecular flexibility index (Phi) is 6.12. The maximum atomic E-state index is 14.8. The Morgan fingerprint density at radius 2 is 1.57 bits per heavy atom. The van der Waals surface area contributed by atoms with Gasteiger partial charge in [0.05, 0.1) is 17.3 Å². The second-order valence-corrected chi connectivity index (χ2v) is 11.8. The molecule has 1 saturated heterocycles. The predicted octanol–water partition coefficient (Wildman–Crippen LogP) is 5.24. The Bertz CT molecular complexity index is 1690. The number of benzene rings is 3. The highest BCUT2D eigenvalue weighted by Gasteiger charge is 2.65. The minimum Gasteiger partial charge on any atom is -0.508 e. The van der Waals surface area contributed by atoms with Gasteiger partial charge in [0.15, 0.2) is 11.6 Å². The van der Waals surface area contributed by atoms with Gasteiger partial charge in [0, 0.05) is 24.0 Å². The predicted molar refractivity (Wildman–Crippen MR) is 157 cm³/mol. The number of hydrogen-bond donors (Lipinski definition) is 1. The van der Waals surface area contributed by atoms with E-state index in [0.29, 0.717) is 29.7 Å². The zero-order chi connectivity index (χ0) is 29.2. The number of carbonyl (C=O) groups is 4. The maximum Gasteiger partial charge on any atom is 0.233 e. The van der Waals surface area contributed by atoms with Crippen LogP contribution in [0.15, 0.2) is 103 Å². The monoisotopic (exact) mass is 557 g/mol. The molecule has 4 aliphatic rings. The third-order valence-corrected chi connectivity index (χ3v) is 9.99. The van der Waals surface area contributed by atoms with E-state index in [4.69, 9.17) is 0 Å². The van der Waals surface area contributed by atoms with Gasteiger partial charge < -0.3 is 5.11 Å². The van der Waals surface area contributed by atoms with Crippen LogP contribution in [0.3, 0.4) is 0 Å². The van der Waals surface area contributed by atoms with Crippen LogP contribution in [0, 0.1) is 23.7 Å². The second kappa shape index (κ2) is 9.76. The van der Waals surface area contributed by atoms with E-state index in [9.17, 15) is 24.3 Å². The maximum absolute atomic E-state index is 14.8. The van der Waals surface area contributed by atoms with Gasteiger partial charge >= 0.3 is 0 Å². The Hall–Kier alpha value is -4.58. The number of likely N-dealkylation sites (tertiary alicyclic amines) is 1. The lowest BCUT2D eigenvalue weighted by atomic mass is 9.44. The molecule has 0 bridgehead atoms. The van der Waals surface area contributed by atoms with Crippen molar-refractivity contribution >= 4 is 29.0 Å². The molecule has 6 nitrogen and oxygen atoms in total. The molecule has 3 aliphatic carbocycles. The number of amides is 2. The molecule has 2 amide bonds. The first-order chi connectivity index (χ1) is 20.4. The van der Waals surface area contributed by atoms with Gasteiger partial charge in [-0.2, -0.15) is 0 Å². The summed E-state index contributed by atoms with van der Waals surface area (Å²) in [5.74, 6) is -3.44. The number of aromatic hydroxyl groups is 1. The fraction of sp³-hybridized carbons (Fsp3) is 0.278. The van der Waals surface area contributed by atoms with E-state index in [1.807, 2.05) is 72.8 Å². The SMILES string of the molecule is CCN1C(=O)[C@H]2[C@H](CC=C3[C@H]2C[C@H]2C(=O)C(c4ccccc4)=CC(=O)[C@@]2(c2ccccc2)[C@H]3c2cccc(O)c2)C1=O. The number of allylic oxidation sites excluding steroid dienone is 4. The topological polar surface area (TPSA) is 91.8 Å². The Morgan fingerprint density at radius 1 is 0.857 bits per heavy atom. The van der Waals surface area contributed by atoms with E-state index in [1.54, 1.807) is 25.1 Å². The van der Waals surface area contributed by atoms with Gasteiger partial charge in [0.2, 0.25) is 11.8 Å². The van der Waals surface area contributed by atoms with Gasteiger partial charge in [-0.15, -0.1) is 0 Å². The second-order valence-electron chi connectivity index (χ2n) is 11.8. The van der Waals surface area contributed by atoms with Gasteiger partial charge in [-0.3, -0.25) is 24.1 Å². The van der Waals surface area contributed by atoms with Crippen molar-refractivity contribution in [2.75, 3.05) is 6.54 Å². The molecule has 1 saturated carbocycles. The minimum absolute atomic E-state index is 0.0584. The van der Waals surface area contributed by atoms with Crippen LogP contribution in [0.2, 0.25) is 0 Å². The molecular weight excluding hydrogens is 526 g/mol. The van der Waals surface area contributed by atoms with E-state index < -0.39 is 35.0 Å². The van der Waals surface area contributed by atoms with Crippen LogP contribution in [0.5, 0.6) is 5.75 Å². The molecule has 0 radical (unpaired) electrons.